The van der Waals surface area contributed by atoms with Gasteiger partial charge in [0.2, 0.25) is 0 Å². The molecule has 18 heavy (non-hydrogen) atoms. The van der Waals surface area contributed by atoms with Crippen molar-refractivity contribution in [1.29, 1.82) is 0 Å². The van der Waals surface area contributed by atoms with E-state index >= 15 is 0 Å². The van der Waals surface area contributed by atoms with Crippen LogP contribution in [-0.2, 0) is 0 Å². The zero-order valence-corrected chi connectivity index (χ0v) is 12.6. The van der Waals surface area contributed by atoms with Crippen LogP contribution in [0.15, 0.2) is 0 Å². The maximum Gasteiger partial charge on any atom is 0.0874 e. The lowest BCUT2D eigenvalue weighted by atomic mass is 9.97. The van der Waals surface area contributed by atoms with Gasteiger partial charge in [0.05, 0.1) is 19.1 Å². The van der Waals surface area contributed by atoms with Crippen LogP contribution < -0.4 is 9.60 Å². The van der Waals surface area contributed by atoms with Gasteiger partial charge in [-0.2, -0.15) is 0 Å². The Morgan fingerprint density at radius 3 is 2.33 bits per heavy atom. The number of hydrogen-bond acceptors (Lipinski definition) is 0. The van der Waals surface area contributed by atoms with Crippen molar-refractivity contribution in [2.24, 2.45) is 0 Å². The quantitative estimate of drug-likeness (QED) is 0.578. The molecule has 1 saturated heterocycles. The van der Waals surface area contributed by atoms with Crippen LogP contribution in [0.3, 0.4) is 0 Å². The second kappa shape index (κ2) is 12.0. The van der Waals surface area contributed by atoms with Crippen molar-refractivity contribution in [2.45, 2.75) is 90.5 Å². The first-order chi connectivity index (χ1) is 8.38. The molecule has 110 valence electrons. The van der Waals surface area contributed by atoms with Gasteiger partial charge in [-0.05, 0) is 44.9 Å². The number of rotatable bonds is 9. The van der Waals surface area contributed by atoms with Crippen LogP contribution in [0.4, 0.5) is 0 Å². The molecule has 2 atom stereocenters. The summed E-state index contributed by atoms with van der Waals surface area (Å²) in [4.78, 5) is 1.95. The van der Waals surface area contributed by atoms with Gasteiger partial charge in [0.25, 0.3) is 0 Å². The van der Waals surface area contributed by atoms with Crippen molar-refractivity contribution in [3.05, 3.63) is 0 Å². The topological polar surface area (TPSA) is 4.44 Å². The second-order valence-corrected chi connectivity index (χ2v) is 5.91. The van der Waals surface area contributed by atoms with Gasteiger partial charge in [0, 0.05) is 0 Å². The van der Waals surface area contributed by atoms with Gasteiger partial charge in [-0.1, -0.05) is 39.5 Å². The smallest absolute Gasteiger partial charge is 0.0874 e. The molecule has 0 spiro atoms. The predicted molar refractivity (Wildman–Crippen MR) is 76.6 cm³/mol. The molecule has 0 aliphatic carbocycles. The van der Waals surface area contributed by atoms with Crippen molar-refractivity contribution in [3.8, 4) is 0 Å². The third kappa shape index (κ3) is 7.35. The molecule has 0 bridgehead atoms. The minimum absolute atomic E-state index is 0. The van der Waals surface area contributed by atoms with E-state index in [1.165, 1.54) is 83.7 Å². The molecule has 0 aromatic heterocycles. The van der Waals surface area contributed by atoms with Crippen molar-refractivity contribution >= 4 is 0 Å². The number of piperidine rings is 1. The van der Waals surface area contributed by atoms with Crippen LogP contribution >= 0.6 is 0 Å². The molecular formula is C16H34FN. The fraction of sp³-hybridized carbons (Fsp3) is 1.00. The lowest BCUT2D eigenvalue weighted by Crippen LogP contribution is -3.16. The summed E-state index contributed by atoms with van der Waals surface area (Å²) in [6, 6.07) is 1.01. The number of nitrogens with one attached hydrogen (secondary N) is 1. The van der Waals surface area contributed by atoms with Crippen LogP contribution in [0.2, 0.25) is 0 Å². The third-order valence-corrected chi connectivity index (χ3v) is 4.39. The van der Waals surface area contributed by atoms with E-state index in [1.54, 1.807) is 0 Å². The minimum atomic E-state index is 0. The first kappa shape index (κ1) is 17.9. The lowest BCUT2D eigenvalue weighted by molar-refractivity contribution is -0.931. The van der Waals surface area contributed by atoms with E-state index < -0.39 is 0 Å². The lowest BCUT2D eigenvalue weighted by Gasteiger charge is -2.32. The molecule has 1 rings (SSSR count). The fourth-order valence-electron chi connectivity index (χ4n) is 3.23. The van der Waals surface area contributed by atoms with Crippen LogP contribution in [-0.4, -0.2) is 19.1 Å². The van der Waals surface area contributed by atoms with E-state index in [2.05, 4.69) is 13.8 Å². The highest BCUT2D eigenvalue weighted by atomic mass is 19.0. The highest BCUT2D eigenvalue weighted by Gasteiger charge is 2.24. The summed E-state index contributed by atoms with van der Waals surface area (Å²) in [5, 5.41) is 0. The molecule has 0 saturated carbocycles. The zero-order valence-electron chi connectivity index (χ0n) is 12.6. The Bertz CT molecular complexity index is 172. The highest BCUT2D eigenvalue weighted by molar-refractivity contribution is 4.61. The Morgan fingerprint density at radius 2 is 1.61 bits per heavy atom. The second-order valence-electron chi connectivity index (χ2n) is 5.91. The average Bonchev–Trinajstić information content (AvgIpc) is 2.37. The monoisotopic (exact) mass is 259 g/mol. The highest BCUT2D eigenvalue weighted by Crippen LogP contribution is 2.10. The molecule has 1 heterocycles. The number of hydrogen-bond donors (Lipinski definition) is 1. The molecule has 1 aliphatic rings. The number of halogens is 1. The Hall–Kier alpha value is -0.110. The van der Waals surface area contributed by atoms with Crippen molar-refractivity contribution in [2.75, 3.05) is 13.1 Å². The van der Waals surface area contributed by atoms with Gasteiger partial charge in [0.15, 0.2) is 0 Å². The van der Waals surface area contributed by atoms with Crippen LogP contribution in [0.5, 0.6) is 0 Å². The third-order valence-electron chi connectivity index (χ3n) is 4.39. The Labute approximate surface area is 114 Å². The summed E-state index contributed by atoms with van der Waals surface area (Å²) in [5.41, 5.74) is 0. The molecule has 0 aromatic rings. The molecule has 1 fully saturated rings. The predicted octanol–water partition coefficient (Wildman–Crippen LogP) is 0.588. The normalized spacial score (nSPS) is 23.7. The van der Waals surface area contributed by atoms with E-state index in [0.717, 1.165) is 6.04 Å². The molecule has 1 aliphatic heterocycles. The summed E-state index contributed by atoms with van der Waals surface area (Å²) in [7, 11) is 0. The number of likely N-dealkylation sites (tertiary alicyclic amines) is 1. The molecule has 0 amide bonds. The van der Waals surface area contributed by atoms with Gasteiger partial charge in [-0.15, -0.1) is 0 Å². The van der Waals surface area contributed by atoms with Gasteiger partial charge >= 0.3 is 0 Å². The van der Waals surface area contributed by atoms with Crippen LogP contribution in [0.25, 0.3) is 0 Å². The van der Waals surface area contributed by atoms with Crippen molar-refractivity contribution in [1.82, 2.24) is 0 Å². The Balaban J connectivity index is 0.00000289. The Morgan fingerprint density at radius 1 is 0.889 bits per heavy atom. The van der Waals surface area contributed by atoms with Crippen molar-refractivity contribution < 1.29 is 9.60 Å². The first-order valence-corrected chi connectivity index (χ1v) is 8.23. The summed E-state index contributed by atoms with van der Waals surface area (Å²) >= 11 is 0. The number of unbranched alkanes of at least 4 members (excludes halogenated alkanes) is 5. The summed E-state index contributed by atoms with van der Waals surface area (Å²) in [5.74, 6) is 0. The van der Waals surface area contributed by atoms with Crippen molar-refractivity contribution in [3.63, 3.8) is 0 Å². The van der Waals surface area contributed by atoms with Gasteiger partial charge in [0.1, 0.15) is 0 Å². The standard InChI is InChI=1S/C16H33N.FH/c1-3-5-7-8-10-14-17-15-11-9-13-16(17)12-6-4-2;/h16H,3-15H2,1-2H3;1H. The summed E-state index contributed by atoms with van der Waals surface area (Å²) in [6.07, 6.45) is 16.0. The largest absolute Gasteiger partial charge is 1.00 e. The maximum absolute atomic E-state index is 2.33. The first-order valence-electron chi connectivity index (χ1n) is 8.23. The zero-order chi connectivity index (χ0) is 12.3. The number of quaternary nitrogens is 1. The van der Waals surface area contributed by atoms with E-state index in [1.807, 2.05) is 4.90 Å². The van der Waals surface area contributed by atoms with E-state index in [4.69, 9.17) is 0 Å². The van der Waals surface area contributed by atoms with Gasteiger partial charge in [-0.25, -0.2) is 0 Å². The van der Waals surface area contributed by atoms with Gasteiger partial charge < -0.3 is 9.60 Å². The fourth-order valence-corrected chi connectivity index (χ4v) is 3.23. The van der Waals surface area contributed by atoms with Crippen LogP contribution in [0.1, 0.15) is 84.5 Å². The minimum Gasteiger partial charge on any atom is -1.00 e. The van der Waals surface area contributed by atoms with E-state index in [0.29, 0.717) is 0 Å². The molecule has 2 unspecified atom stereocenters. The van der Waals surface area contributed by atoms with Gasteiger partial charge in [-0.3, -0.25) is 0 Å². The summed E-state index contributed by atoms with van der Waals surface area (Å²) in [6.45, 7) is 7.55. The SMILES string of the molecule is CCCCCCC[NH+]1CCCCC1CCCC.[F-]. The average molecular weight is 259 g/mol. The summed E-state index contributed by atoms with van der Waals surface area (Å²) < 4.78 is 0. The van der Waals surface area contributed by atoms with E-state index in [9.17, 15) is 0 Å². The Kier molecular flexibility index (Phi) is 11.9. The van der Waals surface area contributed by atoms with Crippen LogP contribution in [0, 0.1) is 0 Å². The molecule has 2 heteroatoms. The molecule has 1 N–H and O–H groups in total. The van der Waals surface area contributed by atoms with E-state index in [-0.39, 0.29) is 4.70 Å². The molecule has 1 nitrogen and oxygen atoms in total. The molecule has 0 radical (unpaired) electrons. The molecular weight excluding hydrogens is 225 g/mol. The molecule has 0 aromatic carbocycles. The maximum atomic E-state index is 2.33.